The van der Waals surface area contributed by atoms with Crippen molar-refractivity contribution in [3.8, 4) is 0 Å². The van der Waals surface area contributed by atoms with Crippen LogP contribution in [0.1, 0.15) is 34.1 Å². The SMILES string of the molecule is O=C(O)COCCOC(=O)[C@H]1CCn2c(C(=O)c3ccccc3)ccc21. The first-order valence-electron chi connectivity index (χ1n) is 8.33. The van der Waals surface area contributed by atoms with Crippen LogP contribution in [0.15, 0.2) is 42.5 Å². The summed E-state index contributed by atoms with van der Waals surface area (Å²) in [4.78, 5) is 35.2. The quantitative estimate of drug-likeness (QED) is 0.440. The Morgan fingerprint density at radius 3 is 2.58 bits per heavy atom. The predicted molar refractivity (Wildman–Crippen MR) is 91.1 cm³/mol. The van der Waals surface area contributed by atoms with Gasteiger partial charge in [-0.1, -0.05) is 30.3 Å². The van der Waals surface area contributed by atoms with E-state index in [2.05, 4.69) is 0 Å². The number of carboxylic acids is 1. The smallest absolute Gasteiger partial charge is 0.329 e. The van der Waals surface area contributed by atoms with E-state index in [0.717, 1.165) is 5.69 Å². The molecule has 1 aromatic carbocycles. The van der Waals surface area contributed by atoms with Gasteiger partial charge in [0.1, 0.15) is 13.2 Å². The molecule has 0 radical (unpaired) electrons. The molecule has 0 saturated heterocycles. The molecule has 1 aliphatic heterocycles. The van der Waals surface area contributed by atoms with Crippen molar-refractivity contribution >= 4 is 17.7 Å². The van der Waals surface area contributed by atoms with Gasteiger partial charge in [-0.15, -0.1) is 0 Å². The van der Waals surface area contributed by atoms with Gasteiger partial charge in [0, 0.05) is 17.8 Å². The average Bonchev–Trinajstić information content (AvgIpc) is 3.23. The van der Waals surface area contributed by atoms with Gasteiger partial charge in [-0.3, -0.25) is 9.59 Å². The Bertz CT molecular complexity index is 811. The molecule has 1 aromatic heterocycles. The molecule has 2 heterocycles. The van der Waals surface area contributed by atoms with Crippen LogP contribution in [0.2, 0.25) is 0 Å². The number of rotatable bonds is 8. The number of aliphatic carboxylic acids is 1. The van der Waals surface area contributed by atoms with Gasteiger partial charge in [0.25, 0.3) is 0 Å². The normalized spacial score (nSPS) is 15.5. The largest absolute Gasteiger partial charge is 0.480 e. The molecule has 1 atom stereocenters. The van der Waals surface area contributed by atoms with Crippen LogP contribution < -0.4 is 0 Å². The van der Waals surface area contributed by atoms with E-state index in [1.165, 1.54) is 0 Å². The highest BCUT2D eigenvalue weighted by Crippen LogP contribution is 2.32. The molecular weight excluding hydrogens is 338 g/mol. The minimum Gasteiger partial charge on any atom is -0.480 e. The Morgan fingerprint density at radius 1 is 1.08 bits per heavy atom. The number of benzene rings is 1. The molecule has 2 aromatic rings. The van der Waals surface area contributed by atoms with E-state index in [9.17, 15) is 14.4 Å². The van der Waals surface area contributed by atoms with E-state index in [4.69, 9.17) is 14.6 Å². The molecule has 3 rings (SSSR count). The predicted octanol–water partition coefficient (Wildman–Crippen LogP) is 1.85. The van der Waals surface area contributed by atoms with E-state index in [1.807, 2.05) is 22.8 Å². The maximum Gasteiger partial charge on any atom is 0.329 e. The number of hydrogen-bond donors (Lipinski definition) is 1. The third kappa shape index (κ3) is 3.83. The summed E-state index contributed by atoms with van der Waals surface area (Å²) in [5.74, 6) is -1.96. The first-order valence-corrected chi connectivity index (χ1v) is 8.33. The summed E-state index contributed by atoms with van der Waals surface area (Å²) >= 11 is 0. The molecule has 0 fully saturated rings. The van der Waals surface area contributed by atoms with Gasteiger partial charge in [0.15, 0.2) is 0 Å². The summed E-state index contributed by atoms with van der Waals surface area (Å²) in [5, 5.41) is 8.47. The molecule has 7 heteroatoms. The van der Waals surface area contributed by atoms with Gasteiger partial charge in [-0.25, -0.2) is 4.79 Å². The highest BCUT2D eigenvalue weighted by Gasteiger charge is 2.32. The first kappa shape index (κ1) is 17.9. The molecule has 0 aliphatic carbocycles. The molecule has 0 bridgehead atoms. The topological polar surface area (TPSA) is 94.8 Å². The van der Waals surface area contributed by atoms with E-state index in [1.54, 1.807) is 24.3 Å². The second-order valence-corrected chi connectivity index (χ2v) is 5.95. The monoisotopic (exact) mass is 357 g/mol. The van der Waals surface area contributed by atoms with Crippen LogP contribution in [0.3, 0.4) is 0 Å². The fourth-order valence-electron chi connectivity index (χ4n) is 3.08. The Morgan fingerprint density at radius 2 is 1.85 bits per heavy atom. The summed E-state index contributed by atoms with van der Waals surface area (Å²) in [7, 11) is 0. The number of hydrogen-bond acceptors (Lipinski definition) is 5. The maximum absolute atomic E-state index is 12.6. The molecule has 26 heavy (non-hydrogen) atoms. The van der Waals surface area contributed by atoms with E-state index < -0.39 is 18.5 Å². The Kier molecular flexibility index (Phi) is 5.48. The maximum atomic E-state index is 12.6. The Balaban J connectivity index is 1.62. The lowest BCUT2D eigenvalue weighted by Gasteiger charge is -2.10. The van der Waals surface area contributed by atoms with Gasteiger partial charge in [-0.2, -0.15) is 0 Å². The molecule has 7 nitrogen and oxygen atoms in total. The summed E-state index contributed by atoms with van der Waals surface area (Å²) in [6, 6.07) is 12.5. The van der Waals surface area contributed by atoms with Crippen LogP contribution in [0, 0.1) is 0 Å². The number of carbonyl (C=O) groups excluding carboxylic acids is 2. The van der Waals surface area contributed by atoms with Gasteiger partial charge in [-0.05, 0) is 18.6 Å². The number of fused-ring (bicyclic) bond motifs is 1. The van der Waals surface area contributed by atoms with Gasteiger partial charge in [0.05, 0.1) is 18.2 Å². The lowest BCUT2D eigenvalue weighted by molar-refractivity contribution is -0.148. The summed E-state index contributed by atoms with van der Waals surface area (Å²) < 4.78 is 11.9. The third-order valence-corrected chi connectivity index (χ3v) is 4.26. The van der Waals surface area contributed by atoms with Gasteiger partial charge >= 0.3 is 11.9 Å². The number of esters is 1. The number of carboxylic acid groups (broad SMARTS) is 1. The van der Waals surface area contributed by atoms with Crippen LogP contribution >= 0.6 is 0 Å². The number of nitrogens with zero attached hydrogens (tertiary/aromatic N) is 1. The zero-order valence-corrected chi connectivity index (χ0v) is 14.1. The van der Waals surface area contributed by atoms with E-state index >= 15 is 0 Å². The van der Waals surface area contributed by atoms with Crippen LogP contribution in [-0.2, 0) is 25.6 Å². The van der Waals surface area contributed by atoms with E-state index in [-0.39, 0.29) is 25.0 Å². The van der Waals surface area contributed by atoms with Crippen molar-refractivity contribution in [1.29, 1.82) is 0 Å². The zero-order valence-electron chi connectivity index (χ0n) is 14.1. The zero-order chi connectivity index (χ0) is 18.5. The molecule has 0 spiro atoms. The summed E-state index contributed by atoms with van der Waals surface area (Å²) in [6.45, 7) is 0.183. The molecule has 0 amide bonds. The van der Waals surface area contributed by atoms with Crippen molar-refractivity contribution in [2.24, 2.45) is 0 Å². The van der Waals surface area contributed by atoms with Crippen LogP contribution in [0.5, 0.6) is 0 Å². The molecule has 1 aliphatic rings. The van der Waals surface area contributed by atoms with Gasteiger partial charge in [0.2, 0.25) is 5.78 Å². The molecule has 136 valence electrons. The Labute approximate surface area is 150 Å². The fourth-order valence-corrected chi connectivity index (χ4v) is 3.08. The number of aromatic nitrogens is 1. The average molecular weight is 357 g/mol. The second-order valence-electron chi connectivity index (χ2n) is 5.95. The Hall–Kier alpha value is -2.93. The lowest BCUT2D eigenvalue weighted by atomic mass is 10.1. The number of ketones is 1. The fraction of sp³-hybridized carbons (Fsp3) is 0.316. The van der Waals surface area contributed by atoms with Crippen molar-refractivity contribution in [3.63, 3.8) is 0 Å². The standard InChI is InChI=1S/C19H19NO6/c21-17(22)12-25-10-11-26-19(24)14-8-9-20-15(14)6-7-16(20)18(23)13-4-2-1-3-5-13/h1-7,14H,8-12H2,(H,21,22)/t14-/m0/s1. The summed E-state index contributed by atoms with van der Waals surface area (Å²) in [5.41, 5.74) is 1.93. The van der Waals surface area contributed by atoms with Crippen LogP contribution in [0.4, 0.5) is 0 Å². The molecular formula is C19H19NO6. The molecule has 1 N–H and O–H groups in total. The van der Waals surface area contributed by atoms with Gasteiger partial charge < -0.3 is 19.1 Å². The number of carbonyl (C=O) groups is 3. The van der Waals surface area contributed by atoms with Crippen molar-refractivity contribution in [2.75, 3.05) is 19.8 Å². The minimum atomic E-state index is -1.07. The van der Waals surface area contributed by atoms with Crippen molar-refractivity contribution in [3.05, 3.63) is 59.4 Å². The minimum absolute atomic E-state index is 0.000868. The van der Waals surface area contributed by atoms with Crippen molar-refractivity contribution in [1.82, 2.24) is 4.57 Å². The van der Waals surface area contributed by atoms with Crippen molar-refractivity contribution in [2.45, 2.75) is 18.9 Å². The van der Waals surface area contributed by atoms with Crippen molar-refractivity contribution < 1.29 is 29.0 Å². The number of ether oxygens (including phenoxy) is 2. The lowest BCUT2D eigenvalue weighted by Crippen LogP contribution is -2.18. The van der Waals surface area contributed by atoms with Crippen LogP contribution in [0.25, 0.3) is 0 Å². The molecule has 0 saturated carbocycles. The van der Waals surface area contributed by atoms with Crippen LogP contribution in [-0.4, -0.2) is 47.2 Å². The van der Waals surface area contributed by atoms with E-state index in [0.29, 0.717) is 24.2 Å². The second kappa shape index (κ2) is 7.97. The third-order valence-electron chi connectivity index (χ3n) is 4.26. The first-order chi connectivity index (χ1) is 12.6. The highest BCUT2D eigenvalue weighted by atomic mass is 16.6. The highest BCUT2D eigenvalue weighted by molar-refractivity contribution is 6.08. The summed E-state index contributed by atoms with van der Waals surface area (Å²) in [6.07, 6.45) is 0.570. The molecule has 0 unspecified atom stereocenters.